The number of aliphatic carboxylic acids is 1. The summed E-state index contributed by atoms with van der Waals surface area (Å²) in [6.07, 6.45) is 6.97. The molecule has 2 heteroatoms. The molecule has 0 saturated carbocycles. The lowest BCUT2D eigenvalue weighted by molar-refractivity contribution is -0.146. The Hall–Kier alpha value is -1.83. The second-order valence-corrected chi connectivity index (χ2v) is 4.38. The van der Waals surface area contributed by atoms with E-state index in [1.54, 1.807) is 0 Å². The fourth-order valence-electron chi connectivity index (χ4n) is 2.09. The Morgan fingerprint density at radius 2 is 2.06 bits per heavy atom. The van der Waals surface area contributed by atoms with Crippen LogP contribution in [0.15, 0.2) is 48.6 Å². The smallest absolute Gasteiger partial charge is 0.313 e. The molecule has 0 aromatic heterocycles. The highest BCUT2D eigenvalue weighted by Crippen LogP contribution is 2.36. The van der Waals surface area contributed by atoms with Crippen molar-refractivity contribution in [3.05, 3.63) is 54.1 Å². The van der Waals surface area contributed by atoms with Crippen LogP contribution < -0.4 is 0 Å². The summed E-state index contributed by atoms with van der Waals surface area (Å²) in [5.74, 6) is -0.736. The lowest BCUT2D eigenvalue weighted by atomic mass is 9.77. The molecule has 0 radical (unpaired) electrons. The summed E-state index contributed by atoms with van der Waals surface area (Å²) in [4.78, 5) is 11.3. The zero-order chi connectivity index (χ0) is 12.3. The topological polar surface area (TPSA) is 37.3 Å². The van der Waals surface area contributed by atoms with Crippen molar-refractivity contribution in [3.63, 3.8) is 0 Å². The van der Waals surface area contributed by atoms with Gasteiger partial charge in [0.25, 0.3) is 0 Å². The molecular formula is C15H16O2. The summed E-state index contributed by atoms with van der Waals surface area (Å²) in [6.45, 7) is 1.92. The average molecular weight is 228 g/mol. The Labute approximate surface area is 101 Å². The molecule has 1 N–H and O–H groups in total. The number of rotatable bonds is 3. The van der Waals surface area contributed by atoms with Crippen molar-refractivity contribution < 1.29 is 9.90 Å². The molecule has 0 fully saturated rings. The Balaban J connectivity index is 2.25. The van der Waals surface area contributed by atoms with E-state index in [4.69, 9.17) is 0 Å². The van der Waals surface area contributed by atoms with E-state index in [-0.39, 0.29) is 0 Å². The van der Waals surface area contributed by atoms with E-state index in [1.165, 1.54) is 0 Å². The standard InChI is InChI=1S/C15H16O2/c1-2-15(14(16)17)10-8-13(9-11-15)12-6-4-3-5-7-12/h3-10H,2,11H2,1H3,(H,16,17). The number of carboxylic acid groups (broad SMARTS) is 1. The van der Waals surface area contributed by atoms with Gasteiger partial charge in [0, 0.05) is 0 Å². The third-order valence-corrected chi connectivity index (χ3v) is 3.43. The van der Waals surface area contributed by atoms with Crippen LogP contribution in [0.3, 0.4) is 0 Å². The van der Waals surface area contributed by atoms with Crippen molar-refractivity contribution in [2.75, 3.05) is 0 Å². The van der Waals surface area contributed by atoms with Crippen LogP contribution in [0.25, 0.3) is 5.57 Å². The number of hydrogen-bond acceptors (Lipinski definition) is 1. The van der Waals surface area contributed by atoms with Crippen molar-refractivity contribution in [1.29, 1.82) is 0 Å². The quantitative estimate of drug-likeness (QED) is 0.859. The van der Waals surface area contributed by atoms with E-state index in [9.17, 15) is 9.90 Å². The molecule has 0 amide bonds. The van der Waals surface area contributed by atoms with Gasteiger partial charge in [-0.25, -0.2) is 0 Å². The summed E-state index contributed by atoms with van der Waals surface area (Å²) < 4.78 is 0. The summed E-state index contributed by atoms with van der Waals surface area (Å²) >= 11 is 0. The van der Waals surface area contributed by atoms with E-state index in [0.717, 1.165) is 11.1 Å². The minimum atomic E-state index is -0.736. The molecule has 0 saturated heterocycles. The minimum Gasteiger partial charge on any atom is -0.481 e. The Bertz CT molecular complexity index is 471. The highest BCUT2D eigenvalue weighted by atomic mass is 16.4. The Morgan fingerprint density at radius 1 is 1.35 bits per heavy atom. The molecule has 1 aromatic carbocycles. The van der Waals surface area contributed by atoms with Crippen molar-refractivity contribution in [3.8, 4) is 0 Å². The maximum absolute atomic E-state index is 11.3. The molecule has 1 atom stereocenters. The van der Waals surface area contributed by atoms with Crippen LogP contribution in [0.2, 0.25) is 0 Å². The second-order valence-electron chi connectivity index (χ2n) is 4.38. The van der Waals surface area contributed by atoms with Gasteiger partial charge < -0.3 is 5.11 Å². The van der Waals surface area contributed by atoms with Crippen LogP contribution in [0.1, 0.15) is 25.3 Å². The maximum Gasteiger partial charge on any atom is 0.313 e. The number of allylic oxidation sites excluding steroid dienone is 3. The van der Waals surface area contributed by atoms with Crippen molar-refractivity contribution in [2.45, 2.75) is 19.8 Å². The predicted octanol–water partition coefficient (Wildman–Crippen LogP) is 3.51. The van der Waals surface area contributed by atoms with Crippen LogP contribution >= 0.6 is 0 Å². The van der Waals surface area contributed by atoms with E-state index in [0.29, 0.717) is 12.8 Å². The lowest BCUT2D eigenvalue weighted by Gasteiger charge is -2.26. The zero-order valence-corrected chi connectivity index (χ0v) is 9.89. The van der Waals surface area contributed by atoms with Crippen molar-refractivity contribution in [1.82, 2.24) is 0 Å². The number of hydrogen-bond donors (Lipinski definition) is 1. The molecule has 0 aliphatic heterocycles. The largest absolute Gasteiger partial charge is 0.481 e. The molecule has 0 spiro atoms. The SMILES string of the molecule is CCC1(C(=O)O)C=CC(c2ccccc2)=CC1. The van der Waals surface area contributed by atoms with E-state index in [1.807, 2.05) is 55.5 Å². The Morgan fingerprint density at radius 3 is 2.53 bits per heavy atom. The molecule has 1 unspecified atom stereocenters. The molecule has 1 aliphatic carbocycles. The second kappa shape index (κ2) is 4.58. The molecule has 2 nitrogen and oxygen atoms in total. The molecule has 1 aliphatic rings. The third-order valence-electron chi connectivity index (χ3n) is 3.43. The van der Waals surface area contributed by atoms with Crippen molar-refractivity contribution >= 4 is 11.5 Å². The summed E-state index contributed by atoms with van der Waals surface area (Å²) in [5.41, 5.74) is 1.54. The zero-order valence-electron chi connectivity index (χ0n) is 9.89. The van der Waals surface area contributed by atoms with Gasteiger partial charge in [0.15, 0.2) is 0 Å². The number of carbonyl (C=O) groups is 1. The monoisotopic (exact) mass is 228 g/mol. The molecule has 88 valence electrons. The van der Waals surface area contributed by atoms with Gasteiger partial charge in [0.2, 0.25) is 0 Å². The summed E-state index contributed by atoms with van der Waals surface area (Å²) in [6, 6.07) is 10.0. The highest BCUT2D eigenvalue weighted by molar-refractivity contribution is 5.83. The fraction of sp³-hybridized carbons (Fsp3) is 0.267. The highest BCUT2D eigenvalue weighted by Gasteiger charge is 2.34. The first-order valence-electron chi connectivity index (χ1n) is 5.86. The molecule has 0 heterocycles. The lowest BCUT2D eigenvalue weighted by Crippen LogP contribution is -2.28. The minimum absolute atomic E-state index is 0.569. The fourth-order valence-corrected chi connectivity index (χ4v) is 2.09. The van der Waals surface area contributed by atoms with Gasteiger partial charge in [0.05, 0.1) is 5.41 Å². The summed E-state index contributed by atoms with van der Waals surface area (Å²) in [7, 11) is 0. The van der Waals surface area contributed by atoms with Crippen LogP contribution in [0, 0.1) is 5.41 Å². The molecular weight excluding hydrogens is 212 g/mol. The van der Waals surface area contributed by atoms with Crippen LogP contribution in [0.4, 0.5) is 0 Å². The van der Waals surface area contributed by atoms with E-state index in [2.05, 4.69) is 0 Å². The van der Waals surface area contributed by atoms with Gasteiger partial charge in [-0.1, -0.05) is 55.5 Å². The van der Waals surface area contributed by atoms with Gasteiger partial charge >= 0.3 is 5.97 Å². The first-order valence-corrected chi connectivity index (χ1v) is 5.86. The maximum atomic E-state index is 11.3. The number of benzene rings is 1. The van der Waals surface area contributed by atoms with Gasteiger partial charge in [-0.15, -0.1) is 0 Å². The van der Waals surface area contributed by atoms with Crippen molar-refractivity contribution in [2.24, 2.45) is 5.41 Å². The van der Waals surface area contributed by atoms with Crippen LogP contribution in [-0.4, -0.2) is 11.1 Å². The van der Waals surface area contributed by atoms with Gasteiger partial charge in [-0.3, -0.25) is 4.79 Å². The predicted molar refractivity (Wildman–Crippen MR) is 68.5 cm³/mol. The first-order chi connectivity index (χ1) is 8.18. The molecule has 2 rings (SSSR count). The Kier molecular flexibility index (Phi) is 3.14. The number of carboxylic acids is 1. The third kappa shape index (κ3) is 2.16. The van der Waals surface area contributed by atoms with Gasteiger partial charge in [-0.2, -0.15) is 0 Å². The normalized spacial score (nSPS) is 23.2. The van der Waals surface area contributed by atoms with E-state index < -0.39 is 11.4 Å². The summed E-state index contributed by atoms with van der Waals surface area (Å²) in [5, 5.41) is 9.27. The first kappa shape index (κ1) is 11.6. The average Bonchev–Trinajstić information content (AvgIpc) is 2.39. The molecule has 0 bridgehead atoms. The van der Waals surface area contributed by atoms with Crippen LogP contribution in [-0.2, 0) is 4.79 Å². The molecule has 17 heavy (non-hydrogen) atoms. The van der Waals surface area contributed by atoms with Gasteiger partial charge in [0.1, 0.15) is 0 Å². The van der Waals surface area contributed by atoms with E-state index >= 15 is 0 Å². The van der Waals surface area contributed by atoms with Gasteiger partial charge in [-0.05, 0) is 24.0 Å². The molecule has 1 aromatic rings. The van der Waals surface area contributed by atoms with Crippen LogP contribution in [0.5, 0.6) is 0 Å².